The number of fused-ring (bicyclic) bond motifs is 1. The van der Waals surface area contributed by atoms with E-state index >= 15 is 0 Å². The number of carbonyl (C=O) groups is 1. The van der Waals surface area contributed by atoms with E-state index in [1.54, 1.807) is 4.90 Å². The van der Waals surface area contributed by atoms with Crippen LogP contribution >= 0.6 is 0 Å². The Labute approximate surface area is 220 Å². The van der Waals surface area contributed by atoms with Gasteiger partial charge in [0.05, 0.1) is 19.2 Å². The quantitative estimate of drug-likeness (QED) is 0.567. The maximum atomic E-state index is 12.7. The molecule has 5 rings (SSSR count). The van der Waals surface area contributed by atoms with Crippen molar-refractivity contribution in [2.75, 3.05) is 32.7 Å². The second kappa shape index (κ2) is 11.0. The molecule has 0 spiro atoms. The first-order valence-electron chi connectivity index (χ1n) is 13.6. The fourth-order valence-electron chi connectivity index (χ4n) is 5.91. The molecule has 4 aliphatic heterocycles. The predicted molar refractivity (Wildman–Crippen MR) is 136 cm³/mol. The van der Waals surface area contributed by atoms with Crippen molar-refractivity contribution in [3.8, 4) is 6.07 Å². The van der Waals surface area contributed by atoms with Crippen molar-refractivity contribution in [1.29, 1.82) is 5.26 Å². The van der Waals surface area contributed by atoms with Gasteiger partial charge in [0.1, 0.15) is 24.4 Å². The zero-order valence-electron chi connectivity index (χ0n) is 22.2. The molecule has 37 heavy (non-hydrogen) atoms. The molecule has 5 atom stereocenters. The van der Waals surface area contributed by atoms with Gasteiger partial charge in [-0.1, -0.05) is 30.3 Å². The van der Waals surface area contributed by atoms with E-state index in [0.717, 1.165) is 50.9 Å². The number of nitrogens with one attached hydrogen (secondary N) is 1. The van der Waals surface area contributed by atoms with E-state index in [9.17, 15) is 10.1 Å². The third kappa shape index (κ3) is 6.17. The summed E-state index contributed by atoms with van der Waals surface area (Å²) < 4.78 is 24.9. The molecule has 0 unspecified atom stereocenters. The Morgan fingerprint density at radius 3 is 2.65 bits per heavy atom. The molecule has 0 aliphatic carbocycles. The Morgan fingerprint density at radius 2 is 1.92 bits per heavy atom. The van der Waals surface area contributed by atoms with E-state index in [-0.39, 0.29) is 42.3 Å². The molecular formula is C28H40N4O5. The summed E-state index contributed by atoms with van der Waals surface area (Å²) in [5.74, 6) is -0.660. The smallest absolute Gasteiger partial charge is 0.237 e. The maximum absolute atomic E-state index is 12.7. The Hall–Kier alpha value is -2.06. The molecule has 0 radical (unpaired) electrons. The van der Waals surface area contributed by atoms with Crippen molar-refractivity contribution in [1.82, 2.24) is 15.1 Å². The van der Waals surface area contributed by atoms with E-state index in [4.69, 9.17) is 18.9 Å². The Kier molecular flexibility index (Phi) is 7.87. The summed E-state index contributed by atoms with van der Waals surface area (Å²) in [4.78, 5) is 16.8. The normalized spacial score (nSPS) is 32.8. The lowest BCUT2D eigenvalue weighted by Gasteiger charge is -2.41. The lowest BCUT2D eigenvalue weighted by Crippen LogP contribution is -2.55. The molecule has 0 saturated carbocycles. The van der Waals surface area contributed by atoms with Gasteiger partial charge in [-0.3, -0.25) is 4.79 Å². The summed E-state index contributed by atoms with van der Waals surface area (Å²) >= 11 is 0. The number of likely N-dealkylation sites (tertiary alicyclic amines) is 2. The fraction of sp³-hybridized carbons (Fsp3) is 0.714. The third-order valence-electron chi connectivity index (χ3n) is 8.16. The van der Waals surface area contributed by atoms with Crippen molar-refractivity contribution in [2.45, 2.75) is 95.0 Å². The van der Waals surface area contributed by atoms with Gasteiger partial charge in [0.25, 0.3) is 0 Å². The highest BCUT2D eigenvalue weighted by molar-refractivity contribution is 5.79. The van der Waals surface area contributed by atoms with Crippen LogP contribution in [0, 0.1) is 11.3 Å². The molecule has 4 saturated heterocycles. The van der Waals surface area contributed by atoms with E-state index in [0.29, 0.717) is 13.2 Å². The lowest BCUT2D eigenvalue weighted by atomic mass is 9.89. The molecule has 0 bridgehead atoms. The number of benzene rings is 1. The molecule has 1 N–H and O–H groups in total. The molecule has 4 aliphatic rings. The van der Waals surface area contributed by atoms with Crippen LogP contribution in [0.3, 0.4) is 0 Å². The molecule has 9 nitrogen and oxygen atoms in total. The zero-order chi connectivity index (χ0) is 26.0. The van der Waals surface area contributed by atoms with Gasteiger partial charge >= 0.3 is 0 Å². The number of carbonyl (C=O) groups excluding carboxylic acids is 1. The van der Waals surface area contributed by atoms with Crippen LogP contribution in [0.25, 0.3) is 0 Å². The van der Waals surface area contributed by atoms with E-state index in [1.165, 1.54) is 0 Å². The zero-order valence-corrected chi connectivity index (χ0v) is 22.2. The van der Waals surface area contributed by atoms with Crippen LogP contribution in [0.5, 0.6) is 0 Å². The van der Waals surface area contributed by atoms with Gasteiger partial charge in [-0.15, -0.1) is 0 Å². The second-order valence-electron chi connectivity index (χ2n) is 11.5. The van der Waals surface area contributed by atoms with Crippen molar-refractivity contribution < 1.29 is 23.7 Å². The lowest BCUT2D eigenvalue weighted by molar-refractivity contribution is -0.221. The van der Waals surface area contributed by atoms with Crippen molar-refractivity contribution in [3.05, 3.63) is 35.9 Å². The molecule has 202 valence electrons. The average molecular weight is 513 g/mol. The van der Waals surface area contributed by atoms with Crippen molar-refractivity contribution >= 4 is 5.91 Å². The number of piperidine rings is 1. The van der Waals surface area contributed by atoms with Crippen LogP contribution < -0.4 is 5.32 Å². The first-order chi connectivity index (χ1) is 17.8. The van der Waals surface area contributed by atoms with Gasteiger partial charge in [0.2, 0.25) is 5.91 Å². The number of nitrogens with zero attached hydrogens (tertiary/aromatic N) is 3. The van der Waals surface area contributed by atoms with Crippen LogP contribution in [0.1, 0.15) is 52.0 Å². The molecule has 1 amide bonds. The topological polar surface area (TPSA) is 96.3 Å². The van der Waals surface area contributed by atoms with Gasteiger partial charge in [-0.2, -0.15) is 5.26 Å². The molecular weight excluding hydrogens is 472 g/mol. The van der Waals surface area contributed by atoms with Crippen molar-refractivity contribution in [3.63, 3.8) is 0 Å². The largest absolute Gasteiger partial charge is 0.368 e. The van der Waals surface area contributed by atoms with Gasteiger partial charge in [0, 0.05) is 18.6 Å². The summed E-state index contributed by atoms with van der Waals surface area (Å²) in [5.41, 5.74) is 1.01. The van der Waals surface area contributed by atoms with E-state index in [2.05, 4.69) is 35.3 Å². The second-order valence-corrected chi connectivity index (χ2v) is 11.5. The first-order valence-corrected chi connectivity index (χ1v) is 13.6. The van der Waals surface area contributed by atoms with Gasteiger partial charge < -0.3 is 34.1 Å². The van der Waals surface area contributed by atoms with Gasteiger partial charge in [0.15, 0.2) is 12.1 Å². The molecule has 0 aromatic heterocycles. The Morgan fingerprint density at radius 1 is 1.16 bits per heavy atom. The summed E-state index contributed by atoms with van der Waals surface area (Å²) in [6.45, 7) is 10.0. The first kappa shape index (κ1) is 26.5. The minimum atomic E-state index is -0.687. The summed E-state index contributed by atoms with van der Waals surface area (Å²) in [6.07, 6.45) is 2.50. The summed E-state index contributed by atoms with van der Waals surface area (Å²) in [6, 6.07) is 12.1. The number of rotatable bonds is 8. The molecule has 1 aromatic carbocycles. The van der Waals surface area contributed by atoms with Crippen LogP contribution in [0.4, 0.5) is 0 Å². The number of ether oxygens (including phenoxy) is 4. The maximum Gasteiger partial charge on any atom is 0.237 e. The van der Waals surface area contributed by atoms with E-state index < -0.39 is 12.1 Å². The minimum Gasteiger partial charge on any atom is -0.368 e. The van der Waals surface area contributed by atoms with Crippen LogP contribution in [0.15, 0.2) is 30.3 Å². The molecule has 4 fully saturated rings. The number of hydrogen-bond donors (Lipinski definition) is 1. The van der Waals surface area contributed by atoms with Crippen LogP contribution in [-0.4, -0.2) is 90.4 Å². The fourth-order valence-corrected chi connectivity index (χ4v) is 5.91. The number of nitriles is 1. The van der Waals surface area contributed by atoms with Gasteiger partial charge in [-0.05, 0) is 65.1 Å². The van der Waals surface area contributed by atoms with E-state index in [1.807, 2.05) is 32.0 Å². The Bertz CT molecular complexity index is 975. The average Bonchev–Trinajstić information content (AvgIpc) is 3.56. The highest BCUT2D eigenvalue weighted by atomic mass is 16.8. The standard InChI is InChI=1S/C28H40N4O5/c1-27(2)36-25-24(34-19-20-8-5-4-6-9-20)22(35-26(25)37-27)18-31-14-11-28(3,12-15-31)30-17-23(33)32-13-7-10-21(32)16-29/h4-6,8-9,21-22,24-26,30H,7,10-15,17-19H2,1-3H3/t21-,22+,24-,25+,26+/m0/s1. The highest BCUT2D eigenvalue weighted by Gasteiger charge is 2.55. The molecule has 1 aromatic rings. The SMILES string of the molecule is CC1(NCC(=O)N2CCC[C@H]2C#N)CCN(C[C@H]2O[C@@H]3OC(C)(C)O[C@@H]3[C@H]2OCc2ccccc2)CC1. The third-order valence-corrected chi connectivity index (χ3v) is 8.16. The van der Waals surface area contributed by atoms with Crippen LogP contribution in [0.2, 0.25) is 0 Å². The predicted octanol–water partition coefficient (Wildman–Crippen LogP) is 2.41. The Balaban J connectivity index is 1.13. The molecule has 9 heteroatoms. The van der Waals surface area contributed by atoms with Gasteiger partial charge in [-0.25, -0.2) is 0 Å². The number of hydrogen-bond acceptors (Lipinski definition) is 8. The van der Waals surface area contributed by atoms with Crippen LogP contribution in [-0.2, 0) is 30.3 Å². The minimum absolute atomic E-state index is 0.0277. The summed E-state index contributed by atoms with van der Waals surface area (Å²) in [7, 11) is 0. The summed E-state index contributed by atoms with van der Waals surface area (Å²) in [5, 5.41) is 12.8. The highest BCUT2D eigenvalue weighted by Crippen LogP contribution is 2.39. The molecule has 4 heterocycles. The number of amides is 1. The monoisotopic (exact) mass is 512 g/mol. The van der Waals surface area contributed by atoms with Crippen molar-refractivity contribution in [2.24, 2.45) is 0 Å².